The van der Waals surface area contributed by atoms with Gasteiger partial charge >= 0.3 is 5.69 Å². The molecule has 0 saturated heterocycles. The molecule has 2 unspecified atom stereocenters. The van der Waals surface area contributed by atoms with Gasteiger partial charge in [0.1, 0.15) is 6.10 Å². The Morgan fingerprint density at radius 2 is 2.21 bits per heavy atom. The second-order valence-corrected chi connectivity index (χ2v) is 4.93. The summed E-state index contributed by atoms with van der Waals surface area (Å²) in [6.07, 6.45) is 5.73. The van der Waals surface area contributed by atoms with Crippen molar-refractivity contribution in [3.8, 4) is 5.88 Å². The van der Waals surface area contributed by atoms with Crippen LogP contribution in [0.4, 0.5) is 5.69 Å². The van der Waals surface area contributed by atoms with E-state index in [2.05, 4.69) is 10.3 Å². The lowest BCUT2D eigenvalue weighted by molar-refractivity contribution is -0.386. The lowest BCUT2D eigenvalue weighted by atomic mass is 9.92. The summed E-state index contributed by atoms with van der Waals surface area (Å²) in [6, 6.07) is 1.73. The number of nitro groups is 1. The molecule has 19 heavy (non-hydrogen) atoms. The third-order valence-electron chi connectivity index (χ3n) is 3.50. The smallest absolute Gasteiger partial charge is 0.331 e. The number of aryl methyl sites for hydroxylation is 1. The van der Waals surface area contributed by atoms with Crippen LogP contribution >= 0.6 is 0 Å². The van der Waals surface area contributed by atoms with Gasteiger partial charge in [-0.05, 0) is 38.8 Å². The van der Waals surface area contributed by atoms with Crippen molar-refractivity contribution < 1.29 is 9.66 Å². The SMILES string of the molecule is CNC1CCCCC1Oc1ncc(C)cc1[N+](=O)[O-]. The maximum absolute atomic E-state index is 11.0. The van der Waals surface area contributed by atoms with Gasteiger partial charge in [-0.25, -0.2) is 4.98 Å². The molecule has 1 fully saturated rings. The number of ether oxygens (including phenoxy) is 1. The second-order valence-electron chi connectivity index (χ2n) is 4.93. The van der Waals surface area contributed by atoms with Crippen molar-refractivity contribution in [2.45, 2.75) is 44.8 Å². The fraction of sp³-hybridized carbons (Fsp3) is 0.615. The van der Waals surface area contributed by atoms with Crippen molar-refractivity contribution in [3.05, 3.63) is 27.9 Å². The summed E-state index contributed by atoms with van der Waals surface area (Å²) in [6.45, 7) is 1.78. The predicted molar refractivity (Wildman–Crippen MR) is 71.4 cm³/mol. The minimum Gasteiger partial charge on any atom is -0.468 e. The molecular weight excluding hydrogens is 246 g/mol. The minimum atomic E-state index is -0.438. The number of aromatic nitrogens is 1. The molecule has 0 amide bonds. The molecule has 1 N–H and O–H groups in total. The Labute approximate surface area is 112 Å². The van der Waals surface area contributed by atoms with Crippen molar-refractivity contribution in [2.24, 2.45) is 0 Å². The zero-order valence-electron chi connectivity index (χ0n) is 11.3. The van der Waals surface area contributed by atoms with E-state index in [4.69, 9.17) is 4.74 Å². The van der Waals surface area contributed by atoms with Gasteiger partial charge in [-0.2, -0.15) is 0 Å². The maximum atomic E-state index is 11.0. The lowest BCUT2D eigenvalue weighted by Gasteiger charge is -2.30. The molecule has 1 aliphatic rings. The van der Waals surface area contributed by atoms with Crippen LogP contribution in [0.3, 0.4) is 0 Å². The van der Waals surface area contributed by atoms with Crippen LogP contribution in [0.1, 0.15) is 31.2 Å². The first-order valence-electron chi connectivity index (χ1n) is 6.56. The predicted octanol–water partition coefficient (Wildman–Crippen LogP) is 2.21. The normalized spacial score (nSPS) is 23.1. The Morgan fingerprint density at radius 1 is 1.47 bits per heavy atom. The molecule has 2 atom stereocenters. The summed E-state index contributed by atoms with van der Waals surface area (Å²) in [5.74, 6) is 0.128. The van der Waals surface area contributed by atoms with E-state index in [9.17, 15) is 10.1 Å². The molecule has 0 radical (unpaired) electrons. The van der Waals surface area contributed by atoms with Crippen LogP contribution < -0.4 is 10.1 Å². The van der Waals surface area contributed by atoms with E-state index in [1.807, 2.05) is 7.05 Å². The van der Waals surface area contributed by atoms with Crippen molar-refractivity contribution in [1.29, 1.82) is 0 Å². The third kappa shape index (κ3) is 3.20. The number of rotatable bonds is 4. The van der Waals surface area contributed by atoms with E-state index < -0.39 is 4.92 Å². The Hall–Kier alpha value is -1.69. The van der Waals surface area contributed by atoms with E-state index in [-0.39, 0.29) is 23.7 Å². The highest BCUT2D eigenvalue weighted by atomic mass is 16.6. The molecular formula is C13H19N3O3. The molecule has 1 heterocycles. The first-order valence-corrected chi connectivity index (χ1v) is 6.56. The zero-order chi connectivity index (χ0) is 13.8. The molecule has 0 spiro atoms. The molecule has 1 aromatic heterocycles. The quantitative estimate of drug-likeness (QED) is 0.667. The molecule has 6 nitrogen and oxygen atoms in total. The molecule has 0 bridgehead atoms. The molecule has 2 rings (SSSR count). The molecule has 6 heteroatoms. The summed E-state index contributed by atoms with van der Waals surface area (Å²) >= 11 is 0. The largest absolute Gasteiger partial charge is 0.468 e. The molecule has 0 aromatic carbocycles. The van der Waals surface area contributed by atoms with Crippen LogP contribution in [0.25, 0.3) is 0 Å². The monoisotopic (exact) mass is 265 g/mol. The van der Waals surface area contributed by atoms with Gasteiger partial charge in [0.15, 0.2) is 0 Å². The van der Waals surface area contributed by atoms with Gasteiger partial charge in [0.05, 0.1) is 4.92 Å². The molecule has 0 aliphatic heterocycles. The Kier molecular flexibility index (Phi) is 4.31. The summed E-state index contributed by atoms with van der Waals surface area (Å²) in [5, 5.41) is 14.2. The van der Waals surface area contributed by atoms with E-state index in [1.165, 1.54) is 6.07 Å². The highest BCUT2D eigenvalue weighted by molar-refractivity contribution is 5.42. The number of hydrogen-bond donors (Lipinski definition) is 1. The van der Waals surface area contributed by atoms with Crippen LogP contribution in [-0.2, 0) is 0 Å². The third-order valence-corrected chi connectivity index (χ3v) is 3.50. The molecule has 1 aromatic rings. The van der Waals surface area contributed by atoms with E-state index >= 15 is 0 Å². The van der Waals surface area contributed by atoms with Crippen LogP contribution in [-0.4, -0.2) is 29.1 Å². The maximum Gasteiger partial charge on any atom is 0.331 e. The van der Waals surface area contributed by atoms with E-state index in [0.29, 0.717) is 0 Å². The summed E-state index contributed by atoms with van der Waals surface area (Å²) in [5.41, 5.74) is 0.702. The van der Waals surface area contributed by atoms with Gasteiger partial charge in [-0.1, -0.05) is 6.42 Å². The highest BCUT2D eigenvalue weighted by Crippen LogP contribution is 2.29. The average Bonchev–Trinajstić information content (AvgIpc) is 2.41. The molecule has 1 aliphatic carbocycles. The van der Waals surface area contributed by atoms with Gasteiger partial charge in [0.25, 0.3) is 5.88 Å². The van der Waals surface area contributed by atoms with Crippen molar-refractivity contribution in [1.82, 2.24) is 10.3 Å². The van der Waals surface area contributed by atoms with Crippen molar-refractivity contribution >= 4 is 5.69 Å². The molecule has 104 valence electrons. The van der Waals surface area contributed by atoms with Crippen LogP contribution in [0.2, 0.25) is 0 Å². The van der Waals surface area contributed by atoms with Crippen LogP contribution in [0, 0.1) is 17.0 Å². The lowest BCUT2D eigenvalue weighted by Crippen LogP contribution is -2.43. The van der Waals surface area contributed by atoms with E-state index in [0.717, 1.165) is 31.2 Å². The Balaban J connectivity index is 2.20. The van der Waals surface area contributed by atoms with Crippen molar-refractivity contribution in [3.63, 3.8) is 0 Å². The number of likely N-dealkylation sites (N-methyl/N-ethyl adjacent to an activating group) is 1. The summed E-state index contributed by atoms with van der Waals surface area (Å²) < 4.78 is 5.79. The van der Waals surface area contributed by atoms with Crippen molar-refractivity contribution in [2.75, 3.05) is 7.05 Å². The topological polar surface area (TPSA) is 77.3 Å². The van der Waals surface area contributed by atoms with Crippen LogP contribution in [0.15, 0.2) is 12.3 Å². The standard InChI is InChI=1S/C13H19N3O3/c1-9-7-11(16(17)18)13(15-8-9)19-12-6-4-3-5-10(12)14-2/h7-8,10,12,14H,3-6H2,1-2H3. The van der Waals surface area contributed by atoms with Gasteiger partial charge in [0.2, 0.25) is 0 Å². The van der Waals surface area contributed by atoms with Crippen LogP contribution in [0.5, 0.6) is 5.88 Å². The van der Waals surface area contributed by atoms with Gasteiger partial charge in [-0.3, -0.25) is 10.1 Å². The van der Waals surface area contributed by atoms with E-state index in [1.54, 1.807) is 13.1 Å². The van der Waals surface area contributed by atoms with Gasteiger partial charge < -0.3 is 10.1 Å². The average molecular weight is 265 g/mol. The zero-order valence-corrected chi connectivity index (χ0v) is 11.3. The number of pyridine rings is 1. The molecule has 1 saturated carbocycles. The number of nitrogens with one attached hydrogen (secondary N) is 1. The summed E-state index contributed by atoms with van der Waals surface area (Å²) in [7, 11) is 1.89. The Morgan fingerprint density at radius 3 is 2.89 bits per heavy atom. The minimum absolute atomic E-state index is 0.0485. The number of hydrogen-bond acceptors (Lipinski definition) is 5. The number of nitrogens with zero attached hydrogens (tertiary/aromatic N) is 2. The highest BCUT2D eigenvalue weighted by Gasteiger charge is 2.28. The Bertz CT molecular complexity index is 464. The van der Waals surface area contributed by atoms with Gasteiger partial charge in [0, 0.05) is 18.3 Å². The fourth-order valence-corrected chi connectivity index (χ4v) is 2.47. The van der Waals surface area contributed by atoms with Gasteiger partial charge in [-0.15, -0.1) is 0 Å². The summed E-state index contributed by atoms with van der Waals surface area (Å²) in [4.78, 5) is 14.7. The second kappa shape index (κ2) is 5.97. The fourth-order valence-electron chi connectivity index (χ4n) is 2.47. The first-order chi connectivity index (χ1) is 9.11. The first kappa shape index (κ1) is 13.7.